The maximum atomic E-state index is 11.5. The number of benzene rings is 1. The normalized spacial score (nSPS) is 12.1. The van der Waals surface area contributed by atoms with Gasteiger partial charge in [-0.15, -0.1) is 0 Å². The quantitative estimate of drug-likeness (QED) is 0.913. The van der Waals surface area contributed by atoms with Gasteiger partial charge in [-0.1, -0.05) is 35.9 Å². The standard InChI is InChI=1S/C16H17NO2/c1-11-5-3-7-13(9-11)15(16(18)19)10-14-8-4-6-12(2)17-14/h3-9,15H,10H2,1-2H3,(H,18,19). The van der Waals surface area contributed by atoms with Crippen molar-refractivity contribution in [1.82, 2.24) is 4.98 Å². The summed E-state index contributed by atoms with van der Waals surface area (Å²) in [4.78, 5) is 15.9. The Balaban J connectivity index is 2.29. The minimum atomic E-state index is -0.811. The minimum Gasteiger partial charge on any atom is -0.481 e. The number of carbonyl (C=O) groups is 1. The van der Waals surface area contributed by atoms with E-state index in [4.69, 9.17) is 0 Å². The lowest BCUT2D eigenvalue weighted by Crippen LogP contribution is -2.15. The van der Waals surface area contributed by atoms with E-state index in [1.807, 2.05) is 56.3 Å². The summed E-state index contributed by atoms with van der Waals surface area (Å²) in [5, 5.41) is 9.42. The number of nitrogens with zero attached hydrogens (tertiary/aromatic N) is 1. The van der Waals surface area contributed by atoms with E-state index in [2.05, 4.69) is 4.98 Å². The molecule has 0 radical (unpaired) electrons. The van der Waals surface area contributed by atoms with Gasteiger partial charge in [-0.2, -0.15) is 0 Å². The summed E-state index contributed by atoms with van der Waals surface area (Å²) in [6.45, 7) is 3.87. The van der Waals surface area contributed by atoms with E-state index in [0.29, 0.717) is 6.42 Å². The Kier molecular flexibility index (Phi) is 3.95. The number of carboxylic acids is 1. The Morgan fingerprint density at radius 3 is 2.58 bits per heavy atom. The fourth-order valence-corrected chi connectivity index (χ4v) is 2.16. The monoisotopic (exact) mass is 255 g/mol. The van der Waals surface area contributed by atoms with Crippen LogP contribution in [0.15, 0.2) is 42.5 Å². The fourth-order valence-electron chi connectivity index (χ4n) is 2.16. The summed E-state index contributed by atoms with van der Waals surface area (Å²) in [6, 6.07) is 13.3. The first-order chi connectivity index (χ1) is 9.06. The van der Waals surface area contributed by atoms with Crippen molar-refractivity contribution in [1.29, 1.82) is 0 Å². The smallest absolute Gasteiger partial charge is 0.311 e. The summed E-state index contributed by atoms with van der Waals surface area (Å²) < 4.78 is 0. The molecule has 1 N–H and O–H groups in total. The molecule has 2 aromatic rings. The van der Waals surface area contributed by atoms with E-state index < -0.39 is 11.9 Å². The van der Waals surface area contributed by atoms with E-state index >= 15 is 0 Å². The number of pyridine rings is 1. The molecule has 0 amide bonds. The van der Waals surface area contributed by atoms with E-state index in [1.165, 1.54) is 0 Å². The zero-order chi connectivity index (χ0) is 13.8. The topological polar surface area (TPSA) is 50.2 Å². The summed E-state index contributed by atoms with van der Waals surface area (Å²) in [6.07, 6.45) is 0.417. The number of hydrogen-bond donors (Lipinski definition) is 1. The molecule has 1 aromatic carbocycles. The first kappa shape index (κ1) is 13.3. The van der Waals surface area contributed by atoms with E-state index in [-0.39, 0.29) is 0 Å². The molecule has 0 fully saturated rings. The molecule has 0 spiro atoms. The average molecular weight is 255 g/mol. The highest BCUT2D eigenvalue weighted by atomic mass is 16.4. The van der Waals surface area contributed by atoms with E-state index in [0.717, 1.165) is 22.5 Å². The molecule has 2 rings (SSSR count). The van der Waals surface area contributed by atoms with Gasteiger partial charge in [-0.05, 0) is 31.5 Å². The molecule has 1 heterocycles. The third-order valence-electron chi connectivity index (χ3n) is 3.10. The molecule has 0 aliphatic rings. The molecule has 3 nitrogen and oxygen atoms in total. The Bertz CT molecular complexity index is 593. The van der Waals surface area contributed by atoms with Crippen molar-refractivity contribution in [3.8, 4) is 0 Å². The maximum absolute atomic E-state index is 11.5. The van der Waals surface area contributed by atoms with Gasteiger partial charge in [-0.3, -0.25) is 9.78 Å². The number of aliphatic carboxylic acids is 1. The van der Waals surface area contributed by atoms with Crippen molar-refractivity contribution < 1.29 is 9.90 Å². The van der Waals surface area contributed by atoms with Crippen LogP contribution in [0.3, 0.4) is 0 Å². The predicted octanol–water partition coefficient (Wildman–Crippen LogP) is 3.11. The molecular weight excluding hydrogens is 238 g/mol. The van der Waals surface area contributed by atoms with Gasteiger partial charge in [0.05, 0.1) is 5.92 Å². The fraction of sp³-hybridized carbons (Fsp3) is 0.250. The predicted molar refractivity (Wildman–Crippen MR) is 74.2 cm³/mol. The van der Waals surface area contributed by atoms with Gasteiger partial charge in [0.1, 0.15) is 0 Å². The molecule has 1 atom stereocenters. The highest BCUT2D eigenvalue weighted by Gasteiger charge is 2.21. The Morgan fingerprint density at radius 2 is 1.95 bits per heavy atom. The summed E-state index contributed by atoms with van der Waals surface area (Å²) >= 11 is 0. The third-order valence-corrected chi connectivity index (χ3v) is 3.10. The van der Waals surface area contributed by atoms with Crippen LogP contribution >= 0.6 is 0 Å². The molecule has 0 bridgehead atoms. The van der Waals surface area contributed by atoms with E-state index in [9.17, 15) is 9.90 Å². The van der Waals surface area contributed by atoms with E-state index in [1.54, 1.807) is 0 Å². The third kappa shape index (κ3) is 3.41. The lowest BCUT2D eigenvalue weighted by Gasteiger charge is -2.13. The first-order valence-corrected chi connectivity index (χ1v) is 6.28. The van der Waals surface area contributed by atoms with Crippen molar-refractivity contribution in [3.05, 3.63) is 65.0 Å². The van der Waals surface area contributed by atoms with Gasteiger partial charge in [0, 0.05) is 17.8 Å². The number of hydrogen-bond acceptors (Lipinski definition) is 2. The first-order valence-electron chi connectivity index (χ1n) is 6.28. The van der Waals surface area contributed by atoms with Crippen molar-refractivity contribution in [2.45, 2.75) is 26.2 Å². The van der Waals surface area contributed by atoms with Crippen molar-refractivity contribution in [2.75, 3.05) is 0 Å². The number of aryl methyl sites for hydroxylation is 2. The second-order valence-corrected chi connectivity index (χ2v) is 4.78. The molecule has 0 aliphatic heterocycles. The SMILES string of the molecule is Cc1cccc(C(Cc2cccc(C)n2)C(=O)O)c1. The van der Waals surface area contributed by atoms with Gasteiger partial charge < -0.3 is 5.11 Å². The van der Waals surface area contributed by atoms with Crippen LogP contribution in [0.5, 0.6) is 0 Å². The molecule has 98 valence electrons. The minimum absolute atomic E-state index is 0.417. The molecule has 0 saturated carbocycles. The van der Waals surface area contributed by atoms with Crippen LogP contribution in [0, 0.1) is 13.8 Å². The summed E-state index contributed by atoms with van der Waals surface area (Å²) in [5.41, 5.74) is 3.62. The zero-order valence-electron chi connectivity index (χ0n) is 11.1. The molecular formula is C16H17NO2. The second-order valence-electron chi connectivity index (χ2n) is 4.78. The van der Waals surface area contributed by atoms with Crippen LogP contribution in [-0.4, -0.2) is 16.1 Å². The largest absolute Gasteiger partial charge is 0.481 e. The Hall–Kier alpha value is -2.16. The molecule has 19 heavy (non-hydrogen) atoms. The molecule has 0 aliphatic carbocycles. The Labute approximate surface area is 112 Å². The van der Waals surface area contributed by atoms with Gasteiger partial charge in [0.2, 0.25) is 0 Å². The Morgan fingerprint density at radius 1 is 1.21 bits per heavy atom. The maximum Gasteiger partial charge on any atom is 0.311 e. The van der Waals surface area contributed by atoms with Gasteiger partial charge >= 0.3 is 5.97 Å². The number of carboxylic acid groups (broad SMARTS) is 1. The number of aromatic nitrogens is 1. The van der Waals surface area contributed by atoms with Crippen molar-refractivity contribution in [3.63, 3.8) is 0 Å². The van der Waals surface area contributed by atoms with Crippen LogP contribution < -0.4 is 0 Å². The second kappa shape index (κ2) is 5.65. The summed E-state index contributed by atoms with van der Waals surface area (Å²) in [7, 11) is 0. The average Bonchev–Trinajstić information content (AvgIpc) is 2.35. The van der Waals surface area contributed by atoms with Crippen molar-refractivity contribution in [2.24, 2.45) is 0 Å². The zero-order valence-corrected chi connectivity index (χ0v) is 11.1. The lowest BCUT2D eigenvalue weighted by atomic mass is 9.93. The van der Waals surface area contributed by atoms with Crippen LogP contribution in [0.4, 0.5) is 0 Å². The van der Waals surface area contributed by atoms with Crippen LogP contribution in [0.25, 0.3) is 0 Å². The van der Waals surface area contributed by atoms with Crippen LogP contribution in [0.2, 0.25) is 0 Å². The van der Waals surface area contributed by atoms with Crippen LogP contribution in [0.1, 0.15) is 28.4 Å². The van der Waals surface area contributed by atoms with Crippen LogP contribution in [-0.2, 0) is 11.2 Å². The van der Waals surface area contributed by atoms with Gasteiger partial charge in [0.15, 0.2) is 0 Å². The van der Waals surface area contributed by atoms with Gasteiger partial charge in [0.25, 0.3) is 0 Å². The highest BCUT2D eigenvalue weighted by Crippen LogP contribution is 2.21. The molecule has 0 saturated heterocycles. The molecule has 3 heteroatoms. The molecule has 1 aromatic heterocycles. The van der Waals surface area contributed by atoms with Gasteiger partial charge in [-0.25, -0.2) is 0 Å². The number of rotatable bonds is 4. The molecule has 1 unspecified atom stereocenters. The highest BCUT2D eigenvalue weighted by molar-refractivity contribution is 5.76. The lowest BCUT2D eigenvalue weighted by molar-refractivity contribution is -0.138. The summed E-state index contributed by atoms with van der Waals surface area (Å²) in [5.74, 6) is -1.36. The van der Waals surface area contributed by atoms with Crippen molar-refractivity contribution >= 4 is 5.97 Å².